The number of nitrogens with one attached hydrogen (secondary N) is 2. The molecule has 7 heteroatoms. The summed E-state index contributed by atoms with van der Waals surface area (Å²) in [5, 5.41) is 2.46. The second kappa shape index (κ2) is 6.97. The number of ketones is 1. The lowest BCUT2D eigenvalue weighted by molar-refractivity contribution is -0.126. The van der Waals surface area contributed by atoms with Gasteiger partial charge in [-0.05, 0) is 30.3 Å². The van der Waals surface area contributed by atoms with Gasteiger partial charge >= 0.3 is 0 Å². The molecule has 29 heavy (non-hydrogen) atoms. The highest BCUT2D eigenvalue weighted by atomic mass is 35.5. The average Bonchev–Trinajstić information content (AvgIpc) is 3.39. The van der Waals surface area contributed by atoms with Crippen molar-refractivity contribution in [2.75, 3.05) is 31.1 Å². The molecule has 1 aliphatic heterocycles. The second-order valence-corrected chi connectivity index (χ2v) is 7.65. The molecule has 2 N–H and O–H groups in total. The van der Waals surface area contributed by atoms with Gasteiger partial charge in [0.25, 0.3) is 11.7 Å². The topological polar surface area (TPSA) is 72.2 Å². The Labute approximate surface area is 172 Å². The summed E-state index contributed by atoms with van der Waals surface area (Å²) in [6.45, 7) is 2.40. The highest BCUT2D eigenvalue weighted by Gasteiger charge is 2.28. The first kappa shape index (κ1) is 17.8. The molecule has 3 heterocycles. The summed E-state index contributed by atoms with van der Waals surface area (Å²) in [6.07, 6.45) is 3.52. The number of carbonyl (C=O) groups is 2. The van der Waals surface area contributed by atoms with Gasteiger partial charge in [0.1, 0.15) is 0 Å². The fraction of sp³-hybridized carbons (Fsp3) is 0.182. The third-order valence-electron chi connectivity index (χ3n) is 5.56. The van der Waals surface area contributed by atoms with Gasteiger partial charge in [-0.1, -0.05) is 23.7 Å². The molecule has 5 rings (SSSR count). The van der Waals surface area contributed by atoms with E-state index in [1.54, 1.807) is 29.3 Å². The fourth-order valence-electron chi connectivity index (χ4n) is 4.04. The number of aromatic amines is 2. The number of rotatable bonds is 3. The van der Waals surface area contributed by atoms with Crippen molar-refractivity contribution in [1.29, 1.82) is 0 Å². The van der Waals surface area contributed by atoms with Crippen LogP contribution in [0.25, 0.3) is 21.8 Å². The summed E-state index contributed by atoms with van der Waals surface area (Å²) in [7, 11) is 0. The zero-order valence-electron chi connectivity index (χ0n) is 15.6. The molecule has 0 bridgehead atoms. The maximum Gasteiger partial charge on any atom is 0.295 e. The number of benzene rings is 2. The summed E-state index contributed by atoms with van der Waals surface area (Å²) in [4.78, 5) is 35.8. The van der Waals surface area contributed by atoms with E-state index in [4.69, 9.17) is 11.6 Å². The van der Waals surface area contributed by atoms with E-state index >= 15 is 0 Å². The first-order valence-electron chi connectivity index (χ1n) is 9.53. The number of hydrogen-bond acceptors (Lipinski definition) is 3. The number of anilines is 1. The molecule has 1 aliphatic rings. The number of fused-ring (bicyclic) bond motifs is 2. The minimum absolute atomic E-state index is 0.390. The van der Waals surface area contributed by atoms with Gasteiger partial charge in [-0.2, -0.15) is 0 Å². The number of H-pyrrole nitrogens is 2. The van der Waals surface area contributed by atoms with E-state index in [2.05, 4.69) is 27.0 Å². The normalized spacial score (nSPS) is 14.7. The van der Waals surface area contributed by atoms with Gasteiger partial charge in [0, 0.05) is 71.1 Å². The number of nitrogens with zero attached hydrogens (tertiary/aromatic N) is 2. The van der Waals surface area contributed by atoms with Crippen LogP contribution in [0.4, 0.5) is 5.69 Å². The third-order valence-corrected chi connectivity index (χ3v) is 5.80. The van der Waals surface area contributed by atoms with Crippen molar-refractivity contribution >= 4 is 50.8 Å². The Bertz CT molecular complexity index is 1230. The lowest BCUT2D eigenvalue weighted by Crippen LogP contribution is -2.50. The standard InChI is InChI=1S/C22H19ClN4O2/c23-14-4-5-15-17(13-25-19(15)12-14)21(28)22(29)27-10-8-26(9-11-27)20-3-1-2-18-16(20)6-7-24-18/h1-7,12-13,24-25H,8-11H2. The molecule has 0 saturated carbocycles. The smallest absolute Gasteiger partial charge is 0.295 e. The maximum absolute atomic E-state index is 12.8. The van der Waals surface area contributed by atoms with E-state index in [1.807, 2.05) is 18.3 Å². The second-order valence-electron chi connectivity index (χ2n) is 7.22. The molecule has 6 nitrogen and oxygen atoms in total. The van der Waals surface area contributed by atoms with E-state index in [0.717, 1.165) is 16.7 Å². The molecule has 1 fully saturated rings. The van der Waals surface area contributed by atoms with Crippen molar-refractivity contribution in [1.82, 2.24) is 14.9 Å². The molecule has 0 radical (unpaired) electrons. The van der Waals surface area contributed by atoms with Crippen LogP contribution in [0.2, 0.25) is 5.02 Å². The molecule has 2 aromatic carbocycles. The molecule has 0 aliphatic carbocycles. The van der Waals surface area contributed by atoms with Gasteiger partial charge < -0.3 is 19.8 Å². The number of hydrogen-bond donors (Lipinski definition) is 2. The van der Waals surface area contributed by atoms with E-state index < -0.39 is 11.7 Å². The first-order chi connectivity index (χ1) is 14.1. The largest absolute Gasteiger partial charge is 0.367 e. The van der Waals surface area contributed by atoms with Gasteiger partial charge in [-0.25, -0.2) is 0 Å². The number of Topliss-reactive ketones (excluding diaryl/α,β-unsaturated/α-hetero) is 1. The monoisotopic (exact) mass is 406 g/mol. The molecular formula is C22H19ClN4O2. The third kappa shape index (κ3) is 3.06. The zero-order valence-corrected chi connectivity index (χ0v) is 16.4. The minimum atomic E-state index is -0.486. The Morgan fingerprint density at radius 1 is 0.897 bits per heavy atom. The summed E-state index contributed by atoms with van der Waals surface area (Å²) >= 11 is 6.00. The van der Waals surface area contributed by atoms with Crippen molar-refractivity contribution in [3.05, 3.63) is 65.4 Å². The van der Waals surface area contributed by atoms with Crippen LogP contribution in [0.3, 0.4) is 0 Å². The summed E-state index contributed by atoms with van der Waals surface area (Å²) in [6, 6.07) is 13.5. The van der Waals surface area contributed by atoms with E-state index in [-0.39, 0.29) is 0 Å². The highest BCUT2D eigenvalue weighted by molar-refractivity contribution is 6.45. The molecule has 146 valence electrons. The van der Waals surface area contributed by atoms with E-state index in [1.165, 1.54) is 5.39 Å². The first-order valence-corrected chi connectivity index (χ1v) is 9.91. The Kier molecular flexibility index (Phi) is 4.28. The SMILES string of the molecule is O=C(C(=O)N1CCN(c2cccc3[nH]ccc23)CC1)c1c[nH]c2cc(Cl)ccc12. The van der Waals surface area contributed by atoms with Crippen molar-refractivity contribution in [2.24, 2.45) is 0 Å². The molecule has 0 unspecified atom stereocenters. The predicted octanol–water partition coefficient (Wildman–Crippen LogP) is 3.83. The molecular weight excluding hydrogens is 388 g/mol. The van der Waals surface area contributed by atoms with E-state index in [9.17, 15) is 9.59 Å². The number of halogens is 1. The lowest BCUT2D eigenvalue weighted by Gasteiger charge is -2.36. The minimum Gasteiger partial charge on any atom is -0.367 e. The fourth-order valence-corrected chi connectivity index (χ4v) is 4.21. The predicted molar refractivity (Wildman–Crippen MR) is 115 cm³/mol. The van der Waals surface area contributed by atoms with Gasteiger partial charge in [0.05, 0.1) is 5.56 Å². The van der Waals surface area contributed by atoms with Crippen LogP contribution in [0, 0.1) is 0 Å². The summed E-state index contributed by atoms with van der Waals surface area (Å²) in [5.41, 5.74) is 3.38. The number of carbonyl (C=O) groups excluding carboxylic acids is 2. The van der Waals surface area contributed by atoms with Crippen molar-refractivity contribution in [2.45, 2.75) is 0 Å². The van der Waals surface area contributed by atoms with Gasteiger partial charge in [0.15, 0.2) is 0 Å². The number of piperazine rings is 1. The molecule has 0 spiro atoms. The highest BCUT2D eigenvalue weighted by Crippen LogP contribution is 2.27. The Hall–Kier alpha value is -3.25. The lowest BCUT2D eigenvalue weighted by atomic mass is 10.1. The van der Waals surface area contributed by atoms with Crippen LogP contribution in [0.1, 0.15) is 10.4 Å². The van der Waals surface area contributed by atoms with Crippen molar-refractivity contribution in [3.8, 4) is 0 Å². The van der Waals surface area contributed by atoms with Crippen LogP contribution in [0.5, 0.6) is 0 Å². The number of amides is 1. The van der Waals surface area contributed by atoms with Crippen LogP contribution >= 0.6 is 11.6 Å². The Morgan fingerprint density at radius 2 is 1.72 bits per heavy atom. The van der Waals surface area contributed by atoms with Crippen LogP contribution in [-0.2, 0) is 4.79 Å². The van der Waals surface area contributed by atoms with Crippen LogP contribution < -0.4 is 4.90 Å². The van der Waals surface area contributed by atoms with Crippen LogP contribution in [-0.4, -0.2) is 52.7 Å². The Balaban J connectivity index is 1.32. The molecule has 0 atom stereocenters. The average molecular weight is 407 g/mol. The van der Waals surface area contributed by atoms with Gasteiger partial charge in [0.2, 0.25) is 0 Å². The maximum atomic E-state index is 12.8. The molecule has 2 aromatic heterocycles. The van der Waals surface area contributed by atoms with Crippen molar-refractivity contribution < 1.29 is 9.59 Å². The number of aromatic nitrogens is 2. The molecule has 4 aromatic rings. The van der Waals surface area contributed by atoms with Gasteiger partial charge in [-0.3, -0.25) is 9.59 Å². The summed E-state index contributed by atoms with van der Waals surface area (Å²) < 4.78 is 0. The molecule has 1 amide bonds. The zero-order chi connectivity index (χ0) is 20.0. The van der Waals surface area contributed by atoms with Crippen LogP contribution in [0.15, 0.2) is 54.9 Å². The van der Waals surface area contributed by atoms with Crippen molar-refractivity contribution in [3.63, 3.8) is 0 Å². The Morgan fingerprint density at radius 3 is 2.55 bits per heavy atom. The summed E-state index contributed by atoms with van der Waals surface area (Å²) in [5.74, 6) is -0.944. The van der Waals surface area contributed by atoms with Gasteiger partial charge in [-0.15, -0.1) is 0 Å². The quantitative estimate of drug-likeness (QED) is 0.401. The van der Waals surface area contributed by atoms with E-state index in [0.29, 0.717) is 42.2 Å². The molecule has 1 saturated heterocycles.